The lowest BCUT2D eigenvalue weighted by atomic mass is 9.99. The van der Waals surface area contributed by atoms with Gasteiger partial charge in [0.05, 0.1) is 12.9 Å². The van der Waals surface area contributed by atoms with Gasteiger partial charge in [-0.3, -0.25) is 4.79 Å². The molecule has 0 saturated carbocycles. The first-order valence-corrected chi connectivity index (χ1v) is 9.99. The number of hydrogen-bond acceptors (Lipinski definition) is 8. The largest absolute Gasteiger partial charge is 0.467 e. The molecular formula is C17H22N4O3S2. The molecule has 2 N–H and O–H groups in total. The number of rotatable bonds is 9. The van der Waals surface area contributed by atoms with E-state index in [0.717, 1.165) is 12.1 Å². The second kappa shape index (κ2) is 10.1. The molecular weight excluding hydrogens is 372 g/mol. The fourth-order valence-corrected chi connectivity index (χ4v) is 3.69. The Bertz CT molecular complexity index is 724. The lowest BCUT2D eigenvalue weighted by molar-refractivity contribution is -0.146. The Morgan fingerprint density at radius 3 is 2.65 bits per heavy atom. The number of nitrogens with one attached hydrogen (secondary N) is 2. The van der Waals surface area contributed by atoms with Crippen molar-refractivity contribution < 1.29 is 14.3 Å². The van der Waals surface area contributed by atoms with Crippen molar-refractivity contribution in [3.63, 3.8) is 0 Å². The first-order chi connectivity index (χ1) is 12.5. The number of ether oxygens (including phenoxy) is 1. The summed E-state index contributed by atoms with van der Waals surface area (Å²) in [6.45, 7) is 3.87. The monoisotopic (exact) mass is 394 g/mol. The minimum absolute atomic E-state index is 0.000366. The number of carbonyl (C=O) groups is 2. The number of methoxy groups -OCH3 is 1. The number of hydrogen-bond donors (Lipinski definition) is 2. The van der Waals surface area contributed by atoms with Gasteiger partial charge in [0.1, 0.15) is 6.04 Å². The van der Waals surface area contributed by atoms with Gasteiger partial charge >= 0.3 is 5.97 Å². The third kappa shape index (κ3) is 5.99. The van der Waals surface area contributed by atoms with Crippen LogP contribution in [0.4, 0.5) is 10.8 Å². The summed E-state index contributed by atoms with van der Waals surface area (Å²) in [4.78, 5) is 24.0. The van der Waals surface area contributed by atoms with E-state index in [1.54, 1.807) is 0 Å². The molecule has 0 radical (unpaired) electrons. The molecule has 2 aromatic rings. The second-order valence-corrected chi connectivity index (χ2v) is 7.81. The molecule has 0 saturated heterocycles. The van der Waals surface area contributed by atoms with Gasteiger partial charge in [0.15, 0.2) is 4.34 Å². The number of para-hydroxylation sites is 1. The van der Waals surface area contributed by atoms with E-state index in [1.165, 1.54) is 30.2 Å². The summed E-state index contributed by atoms with van der Waals surface area (Å²) in [7, 11) is 1.32. The molecule has 0 unspecified atom stereocenters. The maximum atomic E-state index is 12.2. The third-order valence-electron chi connectivity index (χ3n) is 3.74. The Labute approximate surface area is 160 Å². The van der Waals surface area contributed by atoms with Gasteiger partial charge in [0.2, 0.25) is 11.0 Å². The lowest BCUT2D eigenvalue weighted by Gasteiger charge is -2.21. The van der Waals surface area contributed by atoms with Crippen molar-refractivity contribution in [3.8, 4) is 0 Å². The first kappa shape index (κ1) is 20.2. The van der Waals surface area contributed by atoms with Gasteiger partial charge in [0, 0.05) is 5.69 Å². The highest BCUT2D eigenvalue weighted by molar-refractivity contribution is 8.01. The first-order valence-electron chi connectivity index (χ1n) is 8.19. The average molecular weight is 395 g/mol. The predicted octanol–water partition coefficient (Wildman–Crippen LogP) is 3.08. The summed E-state index contributed by atoms with van der Waals surface area (Å²) in [6.07, 6.45) is 0.762. The van der Waals surface area contributed by atoms with Crippen LogP contribution in [0.1, 0.15) is 20.3 Å². The molecule has 1 aromatic heterocycles. The highest BCUT2D eigenvalue weighted by Gasteiger charge is 2.26. The maximum Gasteiger partial charge on any atom is 0.328 e. The number of esters is 1. The Balaban J connectivity index is 1.86. The normalized spacial score (nSPS) is 12.9. The number of thioether (sulfide) groups is 1. The van der Waals surface area contributed by atoms with Crippen LogP contribution in [0, 0.1) is 5.92 Å². The summed E-state index contributed by atoms with van der Waals surface area (Å²) < 4.78 is 5.45. The molecule has 2 atom stereocenters. The van der Waals surface area contributed by atoms with E-state index in [0.29, 0.717) is 9.47 Å². The molecule has 0 aliphatic heterocycles. The maximum absolute atomic E-state index is 12.2. The zero-order valence-corrected chi connectivity index (χ0v) is 16.5. The Kier molecular flexibility index (Phi) is 7.86. The zero-order chi connectivity index (χ0) is 18.9. The highest BCUT2D eigenvalue weighted by Crippen LogP contribution is 2.27. The minimum atomic E-state index is -0.636. The molecule has 1 amide bonds. The van der Waals surface area contributed by atoms with Gasteiger partial charge in [-0.2, -0.15) is 0 Å². The minimum Gasteiger partial charge on any atom is -0.467 e. The van der Waals surface area contributed by atoms with Crippen LogP contribution in [-0.2, 0) is 14.3 Å². The van der Waals surface area contributed by atoms with Gasteiger partial charge < -0.3 is 15.4 Å². The fraction of sp³-hybridized carbons (Fsp3) is 0.412. The molecule has 0 spiro atoms. The smallest absolute Gasteiger partial charge is 0.328 e. The summed E-state index contributed by atoms with van der Waals surface area (Å²) in [5, 5.41) is 14.7. The molecule has 140 valence electrons. The fourth-order valence-electron chi connectivity index (χ4n) is 2.10. The van der Waals surface area contributed by atoms with Crippen molar-refractivity contribution in [1.82, 2.24) is 15.5 Å². The molecule has 9 heteroatoms. The standard InChI is InChI=1S/C17H22N4O3S2/c1-4-11(2)14(15(23)24-3)19-13(22)10-25-17-21-20-16(26-17)18-12-8-6-5-7-9-12/h5-9,11,14H,4,10H2,1-3H3,(H,18,20)(H,19,22)/t11-,14-/m0/s1. The van der Waals surface area contributed by atoms with Gasteiger partial charge in [-0.05, 0) is 18.1 Å². The quantitative estimate of drug-likeness (QED) is 0.499. The van der Waals surface area contributed by atoms with Crippen LogP contribution in [-0.4, -0.2) is 41.0 Å². The van der Waals surface area contributed by atoms with E-state index in [9.17, 15) is 9.59 Å². The van der Waals surface area contributed by atoms with Gasteiger partial charge in [-0.25, -0.2) is 4.79 Å². The van der Waals surface area contributed by atoms with E-state index < -0.39 is 12.0 Å². The van der Waals surface area contributed by atoms with Crippen LogP contribution < -0.4 is 10.6 Å². The second-order valence-electron chi connectivity index (χ2n) is 5.61. The van der Waals surface area contributed by atoms with Crippen LogP contribution in [0.2, 0.25) is 0 Å². The van der Waals surface area contributed by atoms with E-state index in [4.69, 9.17) is 4.74 Å². The van der Waals surface area contributed by atoms with Crippen LogP contribution in [0.3, 0.4) is 0 Å². The number of carbonyl (C=O) groups excluding carboxylic acids is 2. The summed E-state index contributed by atoms with van der Waals surface area (Å²) >= 11 is 2.65. The zero-order valence-electron chi connectivity index (χ0n) is 14.9. The molecule has 0 fully saturated rings. The predicted molar refractivity (Wildman–Crippen MR) is 104 cm³/mol. The highest BCUT2D eigenvalue weighted by atomic mass is 32.2. The van der Waals surface area contributed by atoms with Crippen LogP contribution >= 0.6 is 23.1 Å². The van der Waals surface area contributed by atoms with Gasteiger partial charge in [-0.15, -0.1) is 10.2 Å². The van der Waals surface area contributed by atoms with E-state index in [2.05, 4.69) is 20.8 Å². The molecule has 7 nitrogen and oxygen atoms in total. The van der Waals surface area contributed by atoms with Crippen molar-refractivity contribution >= 4 is 45.8 Å². The number of anilines is 2. The Morgan fingerprint density at radius 1 is 1.27 bits per heavy atom. The number of amides is 1. The molecule has 0 aliphatic carbocycles. The summed E-state index contributed by atoms with van der Waals surface area (Å²) in [5.74, 6) is -0.509. The summed E-state index contributed by atoms with van der Waals surface area (Å²) in [5.41, 5.74) is 0.924. The van der Waals surface area contributed by atoms with Gasteiger partial charge in [0.25, 0.3) is 0 Å². The number of benzene rings is 1. The molecule has 1 aromatic carbocycles. The lowest BCUT2D eigenvalue weighted by Crippen LogP contribution is -2.46. The van der Waals surface area contributed by atoms with Crippen molar-refractivity contribution in [1.29, 1.82) is 0 Å². The Hall–Kier alpha value is -2.13. The molecule has 0 aliphatic rings. The molecule has 1 heterocycles. The van der Waals surface area contributed by atoms with E-state index >= 15 is 0 Å². The van der Waals surface area contributed by atoms with Gasteiger partial charge in [-0.1, -0.05) is 61.6 Å². The molecule has 26 heavy (non-hydrogen) atoms. The molecule has 2 rings (SSSR count). The SMILES string of the molecule is CC[C@H](C)[C@H](NC(=O)CSc1nnc(Nc2ccccc2)s1)C(=O)OC. The van der Waals surface area contributed by atoms with Crippen LogP contribution in [0.15, 0.2) is 34.7 Å². The number of nitrogens with zero attached hydrogens (tertiary/aromatic N) is 2. The third-order valence-corrected chi connectivity index (χ3v) is 5.71. The van der Waals surface area contributed by atoms with E-state index in [1.807, 2.05) is 44.2 Å². The van der Waals surface area contributed by atoms with Crippen molar-refractivity contribution in [3.05, 3.63) is 30.3 Å². The van der Waals surface area contributed by atoms with Crippen LogP contribution in [0.25, 0.3) is 0 Å². The van der Waals surface area contributed by atoms with Crippen molar-refractivity contribution in [2.24, 2.45) is 5.92 Å². The average Bonchev–Trinajstić information content (AvgIpc) is 3.11. The molecule has 0 bridgehead atoms. The van der Waals surface area contributed by atoms with Crippen molar-refractivity contribution in [2.45, 2.75) is 30.6 Å². The number of aromatic nitrogens is 2. The van der Waals surface area contributed by atoms with E-state index in [-0.39, 0.29) is 17.6 Å². The van der Waals surface area contributed by atoms with Crippen LogP contribution in [0.5, 0.6) is 0 Å². The Morgan fingerprint density at radius 2 is 2.00 bits per heavy atom. The summed E-state index contributed by atoms with van der Waals surface area (Å²) in [6, 6.07) is 9.03. The topological polar surface area (TPSA) is 93.2 Å². The van der Waals surface area contributed by atoms with Crippen molar-refractivity contribution in [2.75, 3.05) is 18.2 Å².